The molecule has 0 spiro atoms. The number of anilines is 1. The average Bonchev–Trinajstić information content (AvgIpc) is 3.07. The van der Waals surface area contributed by atoms with Gasteiger partial charge in [-0.15, -0.1) is 0 Å². The van der Waals surface area contributed by atoms with E-state index in [1.165, 1.54) is 24.8 Å². The molecule has 0 N–H and O–H groups in total. The van der Waals surface area contributed by atoms with E-state index in [-0.39, 0.29) is 12.1 Å². The van der Waals surface area contributed by atoms with E-state index in [0.29, 0.717) is 5.92 Å². The molecular formula is C20H28N2. The van der Waals surface area contributed by atoms with E-state index in [0.717, 1.165) is 18.5 Å². The maximum atomic E-state index is 9.22. The number of fused-ring (bicyclic) bond motifs is 1. The van der Waals surface area contributed by atoms with E-state index >= 15 is 0 Å². The van der Waals surface area contributed by atoms with Crippen LogP contribution in [0.25, 0.3) is 0 Å². The van der Waals surface area contributed by atoms with Crippen LogP contribution in [0.1, 0.15) is 47.3 Å². The number of hydrogen-bond acceptors (Lipinski definition) is 2. The van der Waals surface area contributed by atoms with Gasteiger partial charge in [-0.25, -0.2) is 0 Å². The molecule has 1 saturated heterocycles. The Morgan fingerprint density at radius 1 is 1.14 bits per heavy atom. The minimum Gasteiger partial charge on any atom is -0.354 e. The van der Waals surface area contributed by atoms with Crippen LogP contribution in [0.5, 0.6) is 0 Å². The molecule has 1 saturated carbocycles. The molecule has 4 rings (SSSR count). The highest BCUT2D eigenvalue weighted by Gasteiger charge is 2.44. The van der Waals surface area contributed by atoms with Crippen LogP contribution in [0.4, 0.5) is 5.69 Å². The van der Waals surface area contributed by atoms with Gasteiger partial charge >= 0.3 is 0 Å². The molecule has 4 atom stereocenters. The summed E-state index contributed by atoms with van der Waals surface area (Å²) in [4.78, 5) is 4.36. The van der Waals surface area contributed by atoms with Gasteiger partial charge in [0.05, 0.1) is 15.4 Å². The predicted molar refractivity (Wildman–Crippen MR) is 93.1 cm³/mol. The predicted octanol–water partition coefficient (Wildman–Crippen LogP) is 4.35. The molecule has 1 aromatic rings. The van der Waals surface area contributed by atoms with Crippen molar-refractivity contribution in [2.45, 2.75) is 64.1 Å². The summed E-state index contributed by atoms with van der Waals surface area (Å²) in [5.41, 5.74) is 2.35. The second-order valence-electron chi connectivity index (χ2n) is 7.07. The second-order valence-corrected chi connectivity index (χ2v) is 7.07. The van der Waals surface area contributed by atoms with Crippen molar-refractivity contribution in [2.75, 3.05) is 11.5 Å². The quantitative estimate of drug-likeness (QED) is 0.749. The van der Waals surface area contributed by atoms with Crippen LogP contribution in [0, 0.1) is 12.8 Å². The van der Waals surface area contributed by atoms with Gasteiger partial charge < -0.3 is 4.90 Å². The van der Waals surface area contributed by atoms with Gasteiger partial charge in [0.15, 0.2) is 0 Å². The summed E-state index contributed by atoms with van der Waals surface area (Å²) in [6, 6.07) is 8.02. The van der Waals surface area contributed by atoms with E-state index in [1.807, 2.05) is 0 Å². The molecule has 0 bridgehead atoms. The van der Waals surface area contributed by atoms with Crippen molar-refractivity contribution in [3.05, 3.63) is 42.0 Å². The van der Waals surface area contributed by atoms with Crippen molar-refractivity contribution in [3.8, 4) is 0 Å². The lowest BCUT2D eigenvalue weighted by Gasteiger charge is -2.33. The maximum Gasteiger partial charge on any atom is 0.0721 e. The van der Waals surface area contributed by atoms with Gasteiger partial charge in [0, 0.05) is 17.7 Å². The van der Waals surface area contributed by atoms with E-state index in [1.54, 1.807) is 0 Å². The summed E-state index contributed by atoms with van der Waals surface area (Å²) < 4.78 is 18.2. The summed E-state index contributed by atoms with van der Waals surface area (Å²) in [5, 5.41) is 0. The Bertz CT molecular complexity index is 640. The van der Waals surface area contributed by atoms with Gasteiger partial charge in [-0.2, -0.15) is 0 Å². The molecule has 0 aromatic heterocycles. The van der Waals surface area contributed by atoms with Gasteiger partial charge in [-0.3, -0.25) is 4.90 Å². The molecule has 2 fully saturated rings. The third-order valence-corrected chi connectivity index (χ3v) is 5.68. The van der Waals surface area contributed by atoms with E-state index < -0.39 is 12.7 Å². The van der Waals surface area contributed by atoms with Crippen LogP contribution >= 0.6 is 0 Å². The molecule has 22 heavy (non-hydrogen) atoms. The number of aryl methyl sites for hydroxylation is 1. The summed E-state index contributed by atoms with van der Waals surface area (Å²) in [7, 11) is 0. The first-order valence-corrected chi connectivity index (χ1v) is 8.78. The molecule has 0 amide bonds. The Morgan fingerprint density at radius 3 is 2.68 bits per heavy atom. The fraction of sp³-hybridized carbons (Fsp3) is 0.600. The zero-order chi connectivity index (χ0) is 16.9. The van der Waals surface area contributed by atoms with Crippen molar-refractivity contribution >= 4 is 5.69 Å². The third-order valence-electron chi connectivity index (χ3n) is 5.68. The molecule has 1 aliphatic carbocycles. The molecule has 2 heterocycles. The van der Waals surface area contributed by atoms with Crippen LogP contribution in [0.3, 0.4) is 0 Å². The number of hydrogen-bond donors (Lipinski definition) is 0. The smallest absolute Gasteiger partial charge is 0.0721 e. The highest BCUT2D eigenvalue weighted by Crippen LogP contribution is 2.39. The maximum absolute atomic E-state index is 9.22. The summed E-state index contributed by atoms with van der Waals surface area (Å²) in [6.45, 7) is 3.83. The monoisotopic (exact) mass is 298 g/mol. The minimum atomic E-state index is -0.705. The van der Waals surface area contributed by atoms with Gasteiger partial charge in [0.25, 0.3) is 0 Å². The molecule has 2 aliphatic heterocycles. The lowest BCUT2D eigenvalue weighted by Crippen LogP contribution is -2.40. The first-order chi connectivity index (χ1) is 11.5. The lowest BCUT2D eigenvalue weighted by atomic mass is 9.84. The van der Waals surface area contributed by atoms with Gasteiger partial charge in [-0.1, -0.05) is 49.6 Å². The fourth-order valence-corrected chi connectivity index (χ4v) is 4.37. The SMILES string of the molecule is [2H]C1N(c2ccccc2C)[C@@H](C)C2C=CC([2H])(C3CCCCC3)N21. The van der Waals surface area contributed by atoms with Crippen molar-refractivity contribution in [2.24, 2.45) is 5.92 Å². The van der Waals surface area contributed by atoms with Gasteiger partial charge in [0.1, 0.15) is 0 Å². The Labute approximate surface area is 137 Å². The van der Waals surface area contributed by atoms with Crippen LogP contribution in [0.2, 0.25) is 0 Å². The van der Waals surface area contributed by atoms with Gasteiger partial charge in [-0.05, 0) is 44.2 Å². The number of benzene rings is 1. The topological polar surface area (TPSA) is 6.48 Å². The fourth-order valence-electron chi connectivity index (χ4n) is 4.37. The Balaban J connectivity index is 1.68. The third kappa shape index (κ3) is 2.28. The van der Waals surface area contributed by atoms with Crippen molar-refractivity contribution in [3.63, 3.8) is 0 Å². The summed E-state index contributed by atoms with van der Waals surface area (Å²) in [5.74, 6) is 0.365. The van der Waals surface area contributed by atoms with Gasteiger partial charge in [0.2, 0.25) is 0 Å². The average molecular weight is 298 g/mol. The van der Waals surface area contributed by atoms with E-state index in [4.69, 9.17) is 1.37 Å². The lowest BCUT2D eigenvalue weighted by molar-refractivity contribution is 0.169. The molecule has 118 valence electrons. The molecule has 2 nitrogen and oxygen atoms in total. The normalized spacial score (nSPS) is 40.6. The van der Waals surface area contributed by atoms with Crippen molar-refractivity contribution in [1.29, 1.82) is 0 Å². The zero-order valence-electron chi connectivity index (χ0n) is 15.7. The standard InChI is InChI=1S/C20H28N2/c1-15-8-6-7-11-18(15)21-14-22-19(16(21)2)12-13-20(22)17-9-4-3-5-10-17/h6-8,11-13,16-17,19-20H,3-5,9-10,14H2,1-2H3/t16-,19?,20?/m0/s1/i14D,20D/t14?,16-,19?,20?. The second kappa shape index (κ2) is 5.73. The Hall–Kier alpha value is -1.28. The summed E-state index contributed by atoms with van der Waals surface area (Å²) >= 11 is 0. The van der Waals surface area contributed by atoms with Crippen molar-refractivity contribution < 1.29 is 2.74 Å². The molecule has 2 heteroatoms. The molecule has 3 aliphatic rings. The van der Waals surface area contributed by atoms with Crippen LogP contribution < -0.4 is 4.90 Å². The largest absolute Gasteiger partial charge is 0.354 e. The summed E-state index contributed by atoms with van der Waals surface area (Å²) in [6.07, 6.45) is 10.3. The zero-order valence-corrected chi connectivity index (χ0v) is 13.7. The molecule has 0 radical (unpaired) electrons. The minimum absolute atomic E-state index is 0.173. The first kappa shape index (κ1) is 12.2. The molecule has 3 unspecified atom stereocenters. The Morgan fingerprint density at radius 2 is 1.91 bits per heavy atom. The van der Waals surface area contributed by atoms with E-state index in [9.17, 15) is 1.37 Å². The number of nitrogens with zero attached hydrogens (tertiary/aromatic N) is 2. The van der Waals surface area contributed by atoms with Crippen LogP contribution in [-0.2, 0) is 0 Å². The van der Waals surface area contributed by atoms with Crippen molar-refractivity contribution in [1.82, 2.24) is 4.90 Å². The molecule has 1 aromatic carbocycles. The number of para-hydroxylation sites is 1. The molecular weight excluding hydrogens is 268 g/mol. The van der Waals surface area contributed by atoms with E-state index in [2.05, 4.69) is 60.1 Å². The highest BCUT2D eigenvalue weighted by molar-refractivity contribution is 5.55. The Kier molecular flexibility index (Phi) is 3.17. The van der Waals surface area contributed by atoms with Crippen LogP contribution in [0.15, 0.2) is 36.4 Å². The van der Waals surface area contributed by atoms with Crippen LogP contribution in [-0.4, -0.2) is 29.6 Å². The highest BCUT2D eigenvalue weighted by atomic mass is 15.4. The first-order valence-electron chi connectivity index (χ1n) is 9.86. The number of rotatable bonds is 2.